The molecule has 0 heterocycles. The van der Waals surface area contributed by atoms with Gasteiger partial charge in [0.2, 0.25) is 0 Å². The van der Waals surface area contributed by atoms with E-state index in [2.05, 4.69) is 15.9 Å². The number of aromatic carboxylic acids is 1. The van der Waals surface area contributed by atoms with Gasteiger partial charge in [-0.15, -0.1) is 11.8 Å². The molecule has 0 bridgehead atoms. The van der Waals surface area contributed by atoms with Crippen LogP contribution in [0.5, 0.6) is 0 Å². The van der Waals surface area contributed by atoms with Gasteiger partial charge < -0.3 is 10.2 Å². The van der Waals surface area contributed by atoms with E-state index >= 15 is 0 Å². The Morgan fingerprint density at radius 2 is 2.00 bits per heavy atom. The second-order valence-corrected chi connectivity index (χ2v) is 5.91. The van der Waals surface area contributed by atoms with Gasteiger partial charge in [0, 0.05) is 14.6 Å². The highest BCUT2D eigenvalue weighted by atomic mass is 79.9. The second-order valence-electron chi connectivity index (χ2n) is 3.54. The Labute approximate surface area is 107 Å². The normalized spacial score (nSPS) is 14.5. The molecule has 0 aliphatic heterocycles. The molecule has 3 nitrogen and oxygen atoms in total. The van der Waals surface area contributed by atoms with Gasteiger partial charge in [-0.1, -0.05) is 22.9 Å². The quantitative estimate of drug-likeness (QED) is 0.840. The molecule has 88 valence electrons. The van der Waals surface area contributed by atoms with Crippen LogP contribution in [-0.4, -0.2) is 27.5 Å². The van der Waals surface area contributed by atoms with Gasteiger partial charge >= 0.3 is 5.97 Å². The number of carboxylic acids is 1. The zero-order chi connectivity index (χ0) is 12.3. The number of benzene rings is 1. The van der Waals surface area contributed by atoms with E-state index in [1.165, 1.54) is 11.8 Å². The van der Waals surface area contributed by atoms with Gasteiger partial charge in [-0.05, 0) is 25.1 Å². The minimum atomic E-state index is -0.951. The molecular formula is C11H13BrO3S. The molecule has 0 saturated heterocycles. The van der Waals surface area contributed by atoms with Crippen LogP contribution >= 0.6 is 27.7 Å². The molecule has 2 atom stereocenters. The summed E-state index contributed by atoms with van der Waals surface area (Å²) in [4.78, 5) is 11.7. The molecule has 2 N–H and O–H groups in total. The smallest absolute Gasteiger partial charge is 0.335 e. The Morgan fingerprint density at radius 1 is 1.38 bits per heavy atom. The van der Waals surface area contributed by atoms with Crippen LogP contribution in [0.4, 0.5) is 0 Å². The van der Waals surface area contributed by atoms with E-state index in [0.29, 0.717) is 0 Å². The third kappa shape index (κ3) is 3.81. The maximum Gasteiger partial charge on any atom is 0.335 e. The lowest BCUT2D eigenvalue weighted by atomic mass is 10.2. The molecule has 1 aromatic rings. The van der Waals surface area contributed by atoms with Gasteiger partial charge in [-0.2, -0.15) is 0 Å². The van der Waals surface area contributed by atoms with Crippen LogP contribution < -0.4 is 0 Å². The number of carbonyl (C=O) groups is 1. The fourth-order valence-corrected chi connectivity index (χ4v) is 2.73. The Bertz CT molecular complexity index is 393. The van der Waals surface area contributed by atoms with Crippen molar-refractivity contribution in [2.24, 2.45) is 0 Å². The van der Waals surface area contributed by atoms with Crippen molar-refractivity contribution in [1.82, 2.24) is 0 Å². The summed E-state index contributed by atoms with van der Waals surface area (Å²) >= 11 is 4.72. The lowest BCUT2D eigenvalue weighted by Crippen LogP contribution is -2.14. The highest BCUT2D eigenvalue weighted by Crippen LogP contribution is 2.29. The average molecular weight is 305 g/mol. The van der Waals surface area contributed by atoms with Crippen molar-refractivity contribution in [3.63, 3.8) is 0 Å². The van der Waals surface area contributed by atoms with E-state index < -0.39 is 12.1 Å². The Hall–Kier alpha value is -0.520. The van der Waals surface area contributed by atoms with E-state index in [0.717, 1.165) is 9.37 Å². The number of rotatable bonds is 4. The predicted molar refractivity (Wildman–Crippen MR) is 68.1 cm³/mol. The van der Waals surface area contributed by atoms with Crippen molar-refractivity contribution < 1.29 is 15.0 Å². The third-order valence-electron chi connectivity index (χ3n) is 2.12. The minimum Gasteiger partial charge on any atom is -0.478 e. The molecule has 0 spiro atoms. The number of aliphatic hydroxyl groups excluding tert-OH is 1. The highest BCUT2D eigenvalue weighted by Gasteiger charge is 2.12. The summed E-state index contributed by atoms with van der Waals surface area (Å²) in [5.74, 6) is -0.951. The zero-order valence-corrected chi connectivity index (χ0v) is 11.4. The minimum absolute atomic E-state index is 0.0240. The van der Waals surface area contributed by atoms with Crippen molar-refractivity contribution >= 4 is 33.7 Å². The molecule has 1 aromatic carbocycles. The van der Waals surface area contributed by atoms with E-state index in [4.69, 9.17) is 5.11 Å². The summed E-state index contributed by atoms with van der Waals surface area (Å²) in [5.41, 5.74) is 0.245. The molecule has 0 aliphatic rings. The van der Waals surface area contributed by atoms with Crippen LogP contribution in [0, 0.1) is 0 Å². The van der Waals surface area contributed by atoms with Crippen molar-refractivity contribution in [3.8, 4) is 0 Å². The van der Waals surface area contributed by atoms with E-state index in [-0.39, 0.29) is 10.8 Å². The van der Waals surface area contributed by atoms with Crippen LogP contribution in [0.15, 0.2) is 27.6 Å². The number of halogens is 1. The third-order valence-corrected chi connectivity index (χ3v) is 3.85. The first kappa shape index (κ1) is 13.5. The Balaban J connectivity index is 2.92. The molecule has 2 unspecified atom stereocenters. The number of aliphatic hydroxyl groups is 1. The van der Waals surface area contributed by atoms with Gasteiger partial charge in [-0.25, -0.2) is 4.79 Å². The van der Waals surface area contributed by atoms with Gasteiger partial charge in [0.15, 0.2) is 0 Å². The van der Waals surface area contributed by atoms with Gasteiger partial charge in [-0.3, -0.25) is 0 Å². The summed E-state index contributed by atoms with van der Waals surface area (Å²) < 4.78 is 0.729. The second kappa shape index (κ2) is 5.70. The lowest BCUT2D eigenvalue weighted by molar-refractivity contribution is 0.0696. The summed E-state index contributed by atoms with van der Waals surface area (Å²) in [5, 5.41) is 18.3. The summed E-state index contributed by atoms with van der Waals surface area (Å²) in [7, 11) is 0. The van der Waals surface area contributed by atoms with Crippen molar-refractivity contribution in [2.75, 3.05) is 0 Å². The molecule has 0 fully saturated rings. The monoisotopic (exact) mass is 304 g/mol. The molecule has 0 saturated carbocycles. The van der Waals surface area contributed by atoms with Crippen LogP contribution in [0.25, 0.3) is 0 Å². The zero-order valence-electron chi connectivity index (χ0n) is 8.98. The fraction of sp³-hybridized carbons (Fsp3) is 0.364. The summed E-state index contributed by atoms with van der Waals surface area (Å²) in [6.45, 7) is 3.62. The molecule has 0 radical (unpaired) electrons. The van der Waals surface area contributed by atoms with Crippen LogP contribution in [0.1, 0.15) is 24.2 Å². The number of carboxylic acid groups (broad SMARTS) is 1. The molecule has 1 rings (SSSR count). The SMILES string of the molecule is CC(O)C(C)Sc1cc(Br)cc(C(=O)O)c1. The maximum absolute atomic E-state index is 10.8. The van der Waals surface area contributed by atoms with Crippen LogP contribution in [0.3, 0.4) is 0 Å². The van der Waals surface area contributed by atoms with Crippen LogP contribution in [-0.2, 0) is 0 Å². The molecule has 0 aliphatic carbocycles. The van der Waals surface area contributed by atoms with E-state index in [1.54, 1.807) is 19.1 Å². The number of thioether (sulfide) groups is 1. The highest BCUT2D eigenvalue weighted by molar-refractivity contribution is 9.10. The maximum atomic E-state index is 10.8. The Morgan fingerprint density at radius 3 is 2.50 bits per heavy atom. The fourth-order valence-electron chi connectivity index (χ4n) is 1.07. The molecule has 5 heteroatoms. The topological polar surface area (TPSA) is 57.5 Å². The lowest BCUT2D eigenvalue weighted by Gasteiger charge is -2.14. The van der Waals surface area contributed by atoms with E-state index in [9.17, 15) is 9.90 Å². The van der Waals surface area contributed by atoms with Gasteiger partial charge in [0.25, 0.3) is 0 Å². The van der Waals surface area contributed by atoms with Crippen LogP contribution in [0.2, 0.25) is 0 Å². The molecule has 0 amide bonds. The van der Waals surface area contributed by atoms with Crippen molar-refractivity contribution in [3.05, 3.63) is 28.2 Å². The standard InChI is InChI=1S/C11H13BrO3S/c1-6(13)7(2)16-10-4-8(11(14)15)3-9(12)5-10/h3-7,13H,1-2H3,(H,14,15). The molecule has 0 aromatic heterocycles. The number of hydrogen-bond donors (Lipinski definition) is 2. The first-order chi connectivity index (χ1) is 7.40. The molecule has 16 heavy (non-hydrogen) atoms. The van der Waals surface area contributed by atoms with Gasteiger partial charge in [0.1, 0.15) is 0 Å². The Kier molecular flexibility index (Phi) is 4.83. The average Bonchev–Trinajstić information content (AvgIpc) is 2.16. The summed E-state index contributed by atoms with van der Waals surface area (Å²) in [6.07, 6.45) is -0.433. The number of hydrogen-bond acceptors (Lipinski definition) is 3. The van der Waals surface area contributed by atoms with Gasteiger partial charge in [0.05, 0.1) is 11.7 Å². The molecular weight excluding hydrogens is 292 g/mol. The predicted octanol–water partition coefficient (Wildman–Crippen LogP) is 3.01. The first-order valence-electron chi connectivity index (χ1n) is 4.78. The summed E-state index contributed by atoms with van der Waals surface area (Å²) in [6, 6.07) is 5.01. The van der Waals surface area contributed by atoms with Crippen molar-refractivity contribution in [1.29, 1.82) is 0 Å². The first-order valence-corrected chi connectivity index (χ1v) is 6.46. The largest absolute Gasteiger partial charge is 0.478 e. The van der Waals surface area contributed by atoms with Crippen molar-refractivity contribution in [2.45, 2.75) is 30.1 Å². The van der Waals surface area contributed by atoms with E-state index in [1.807, 2.05) is 13.0 Å².